The molecule has 0 bridgehead atoms. The van der Waals surface area contributed by atoms with Gasteiger partial charge in [0, 0.05) is 19.7 Å². The maximum Gasteiger partial charge on any atom is 0.287 e. The summed E-state index contributed by atoms with van der Waals surface area (Å²) in [5.74, 6) is -1.21. The maximum atomic E-state index is 13.4. The van der Waals surface area contributed by atoms with Crippen LogP contribution in [0.5, 0.6) is 0 Å². The number of rotatable bonds is 4. The van der Waals surface area contributed by atoms with Gasteiger partial charge < -0.3 is 5.32 Å². The van der Waals surface area contributed by atoms with Gasteiger partial charge in [-0.15, -0.1) is 0 Å². The summed E-state index contributed by atoms with van der Waals surface area (Å²) in [6.45, 7) is 0.344. The Morgan fingerprint density at radius 3 is 2.85 bits per heavy atom. The Balaban J connectivity index is 2.03. The van der Waals surface area contributed by atoms with Crippen LogP contribution in [0.15, 0.2) is 29.2 Å². The van der Waals surface area contributed by atoms with Crippen LogP contribution < -0.4 is 10.9 Å². The molecule has 0 atom stereocenters. The van der Waals surface area contributed by atoms with Crippen molar-refractivity contribution in [2.75, 3.05) is 11.9 Å². The Bertz CT molecular complexity index is 688. The molecule has 0 aliphatic carbocycles. The third kappa shape index (κ3) is 3.14. The van der Waals surface area contributed by atoms with E-state index in [0.29, 0.717) is 24.2 Å². The van der Waals surface area contributed by atoms with Crippen molar-refractivity contribution in [3.05, 3.63) is 57.0 Å². The Labute approximate surface area is 119 Å². The SMILES string of the molecule is Cn1ncc(NCCc2ccc(F)cc2F)c(Cl)c1=O. The molecule has 1 heterocycles. The molecule has 7 heteroatoms. The quantitative estimate of drug-likeness (QED) is 0.943. The summed E-state index contributed by atoms with van der Waals surface area (Å²) in [6, 6.07) is 3.42. The minimum absolute atomic E-state index is 0.0297. The molecule has 2 aromatic rings. The summed E-state index contributed by atoms with van der Waals surface area (Å²) in [5, 5.41) is 6.76. The fourth-order valence-corrected chi connectivity index (χ4v) is 1.93. The summed E-state index contributed by atoms with van der Waals surface area (Å²) >= 11 is 5.87. The standard InChI is InChI=1S/C13H12ClF2N3O/c1-19-13(20)12(14)11(7-18-19)17-5-4-8-2-3-9(15)6-10(8)16/h2-3,6-7,17H,4-5H2,1H3. The molecule has 0 aliphatic heterocycles. The monoisotopic (exact) mass is 299 g/mol. The molecule has 0 unspecified atom stereocenters. The van der Waals surface area contributed by atoms with Gasteiger partial charge in [0.2, 0.25) is 0 Å². The molecule has 1 N–H and O–H groups in total. The van der Waals surface area contributed by atoms with Crippen LogP contribution in [0.25, 0.3) is 0 Å². The molecule has 0 fully saturated rings. The number of halogens is 3. The molecule has 0 amide bonds. The fraction of sp³-hybridized carbons (Fsp3) is 0.231. The van der Waals surface area contributed by atoms with Crippen LogP contribution in [0.1, 0.15) is 5.56 Å². The number of aryl methyl sites for hydroxylation is 1. The summed E-state index contributed by atoms with van der Waals surface area (Å²) in [4.78, 5) is 11.5. The number of nitrogens with one attached hydrogen (secondary N) is 1. The lowest BCUT2D eigenvalue weighted by molar-refractivity contribution is 0.572. The summed E-state index contributed by atoms with van der Waals surface area (Å²) in [5.41, 5.74) is 0.355. The van der Waals surface area contributed by atoms with E-state index in [0.717, 1.165) is 10.7 Å². The number of benzene rings is 1. The van der Waals surface area contributed by atoms with E-state index in [9.17, 15) is 13.6 Å². The fourth-order valence-electron chi connectivity index (χ4n) is 1.69. The molecule has 0 saturated carbocycles. The normalized spacial score (nSPS) is 10.6. The first-order valence-corrected chi connectivity index (χ1v) is 6.26. The van der Waals surface area contributed by atoms with E-state index in [-0.39, 0.29) is 5.02 Å². The zero-order valence-corrected chi connectivity index (χ0v) is 11.4. The largest absolute Gasteiger partial charge is 0.382 e. The number of nitrogens with zero attached hydrogens (tertiary/aromatic N) is 2. The Kier molecular flexibility index (Phi) is 4.34. The molecule has 0 radical (unpaired) electrons. The highest BCUT2D eigenvalue weighted by Gasteiger charge is 2.08. The van der Waals surface area contributed by atoms with E-state index >= 15 is 0 Å². The highest BCUT2D eigenvalue weighted by molar-refractivity contribution is 6.32. The molecule has 0 spiro atoms. The van der Waals surface area contributed by atoms with Gasteiger partial charge in [-0.1, -0.05) is 17.7 Å². The molecule has 1 aromatic heterocycles. The number of hydrogen-bond acceptors (Lipinski definition) is 3. The van der Waals surface area contributed by atoms with Crippen molar-refractivity contribution in [1.82, 2.24) is 9.78 Å². The van der Waals surface area contributed by atoms with Gasteiger partial charge in [0.15, 0.2) is 0 Å². The first kappa shape index (κ1) is 14.5. The van der Waals surface area contributed by atoms with Crippen molar-refractivity contribution in [3.63, 3.8) is 0 Å². The molecule has 2 rings (SSSR count). The zero-order chi connectivity index (χ0) is 14.7. The first-order chi connectivity index (χ1) is 9.49. The van der Waals surface area contributed by atoms with Crippen LogP contribution in [-0.4, -0.2) is 16.3 Å². The highest BCUT2D eigenvalue weighted by atomic mass is 35.5. The first-order valence-electron chi connectivity index (χ1n) is 5.88. The van der Waals surface area contributed by atoms with E-state index in [1.165, 1.54) is 25.4 Å². The van der Waals surface area contributed by atoms with E-state index in [1.54, 1.807) is 0 Å². The molecule has 0 saturated heterocycles. The predicted molar refractivity (Wildman–Crippen MR) is 73.0 cm³/mol. The van der Waals surface area contributed by atoms with Gasteiger partial charge in [-0.2, -0.15) is 5.10 Å². The van der Waals surface area contributed by atoms with Crippen molar-refractivity contribution >= 4 is 17.3 Å². The second kappa shape index (κ2) is 6.00. The Hall–Kier alpha value is -1.95. The molecule has 1 aromatic carbocycles. The van der Waals surface area contributed by atoms with E-state index in [1.807, 2.05) is 0 Å². The topological polar surface area (TPSA) is 46.9 Å². The number of aromatic nitrogens is 2. The summed E-state index contributed by atoms with van der Waals surface area (Å²) in [7, 11) is 1.49. The van der Waals surface area contributed by atoms with Gasteiger partial charge >= 0.3 is 0 Å². The van der Waals surface area contributed by atoms with Crippen molar-refractivity contribution in [3.8, 4) is 0 Å². The van der Waals surface area contributed by atoms with Crippen LogP contribution >= 0.6 is 11.6 Å². The summed E-state index contributed by atoms with van der Waals surface area (Å²) in [6.07, 6.45) is 1.75. The van der Waals surface area contributed by atoms with Crippen molar-refractivity contribution in [1.29, 1.82) is 0 Å². The third-order valence-electron chi connectivity index (χ3n) is 2.80. The lowest BCUT2D eigenvalue weighted by Gasteiger charge is -2.09. The maximum absolute atomic E-state index is 13.4. The Morgan fingerprint density at radius 2 is 2.15 bits per heavy atom. The van der Waals surface area contributed by atoms with Gasteiger partial charge in [0.1, 0.15) is 16.7 Å². The predicted octanol–water partition coefficient (Wildman–Crippen LogP) is 2.37. The second-order valence-electron chi connectivity index (χ2n) is 4.21. The average Bonchev–Trinajstić information content (AvgIpc) is 2.41. The van der Waals surface area contributed by atoms with Crippen LogP contribution in [0.4, 0.5) is 14.5 Å². The molecule has 20 heavy (non-hydrogen) atoms. The van der Waals surface area contributed by atoms with Gasteiger partial charge in [0.25, 0.3) is 5.56 Å². The average molecular weight is 300 g/mol. The van der Waals surface area contributed by atoms with E-state index < -0.39 is 17.2 Å². The second-order valence-corrected chi connectivity index (χ2v) is 4.59. The van der Waals surface area contributed by atoms with Crippen molar-refractivity contribution < 1.29 is 8.78 Å². The van der Waals surface area contributed by atoms with Crippen LogP contribution in [-0.2, 0) is 13.5 Å². The molecule has 106 valence electrons. The van der Waals surface area contributed by atoms with Gasteiger partial charge in [-0.05, 0) is 18.1 Å². The third-order valence-corrected chi connectivity index (χ3v) is 3.17. The number of anilines is 1. The molecule has 0 aliphatic rings. The molecule has 4 nitrogen and oxygen atoms in total. The Morgan fingerprint density at radius 1 is 1.40 bits per heavy atom. The van der Waals surface area contributed by atoms with Crippen molar-refractivity contribution in [2.24, 2.45) is 7.05 Å². The minimum atomic E-state index is -0.613. The summed E-state index contributed by atoms with van der Waals surface area (Å²) < 4.78 is 27.3. The van der Waals surface area contributed by atoms with Crippen molar-refractivity contribution in [2.45, 2.75) is 6.42 Å². The highest BCUT2D eigenvalue weighted by Crippen LogP contribution is 2.15. The van der Waals surface area contributed by atoms with Crippen LogP contribution in [0.2, 0.25) is 5.02 Å². The van der Waals surface area contributed by atoms with Crippen LogP contribution in [0, 0.1) is 11.6 Å². The lowest BCUT2D eigenvalue weighted by Crippen LogP contribution is -2.21. The molecular weight excluding hydrogens is 288 g/mol. The zero-order valence-electron chi connectivity index (χ0n) is 10.7. The van der Waals surface area contributed by atoms with E-state index in [2.05, 4.69) is 10.4 Å². The smallest absolute Gasteiger partial charge is 0.287 e. The number of hydrogen-bond donors (Lipinski definition) is 1. The van der Waals surface area contributed by atoms with Gasteiger partial charge in [0.05, 0.1) is 11.9 Å². The lowest BCUT2D eigenvalue weighted by atomic mass is 10.1. The van der Waals surface area contributed by atoms with E-state index in [4.69, 9.17) is 11.6 Å². The minimum Gasteiger partial charge on any atom is -0.382 e. The van der Waals surface area contributed by atoms with Gasteiger partial charge in [-0.25, -0.2) is 13.5 Å². The molecular formula is C13H12ClF2N3O. The van der Waals surface area contributed by atoms with Crippen LogP contribution in [0.3, 0.4) is 0 Å². The van der Waals surface area contributed by atoms with Gasteiger partial charge in [-0.3, -0.25) is 4.79 Å².